The van der Waals surface area contributed by atoms with Gasteiger partial charge in [-0.15, -0.1) is 10.2 Å². The maximum Gasteiger partial charge on any atom is 0.322 e. The van der Waals surface area contributed by atoms with Gasteiger partial charge in [0.2, 0.25) is 5.89 Å². The smallest absolute Gasteiger partial charge is 0.322 e. The topological polar surface area (TPSA) is 126 Å². The molecule has 26 heavy (non-hydrogen) atoms. The molecule has 1 aromatic heterocycles. The number of nitrogens with zero attached hydrogens (tertiary/aromatic N) is 2. The molecule has 0 unspecified atom stereocenters. The molecule has 1 aliphatic carbocycles. The molecule has 1 aliphatic heterocycles. The van der Waals surface area contributed by atoms with Crippen LogP contribution in [-0.4, -0.2) is 40.1 Å². The number of hydrogen-bond acceptors (Lipinski definition) is 6. The van der Waals surface area contributed by atoms with E-state index in [0.29, 0.717) is 5.56 Å². The number of halogens is 1. The van der Waals surface area contributed by atoms with Crippen molar-refractivity contribution in [3.63, 3.8) is 0 Å². The Morgan fingerprint density at radius 1 is 1.27 bits per heavy atom. The number of amides is 4. The van der Waals surface area contributed by atoms with Crippen LogP contribution in [0.2, 0.25) is 0 Å². The van der Waals surface area contributed by atoms with Crippen LogP contribution in [0.4, 0.5) is 9.18 Å². The Kier molecular flexibility index (Phi) is 3.67. The van der Waals surface area contributed by atoms with Crippen LogP contribution in [0.5, 0.6) is 0 Å². The number of aromatic nitrogens is 2. The van der Waals surface area contributed by atoms with Gasteiger partial charge in [0.15, 0.2) is 0 Å². The van der Waals surface area contributed by atoms with E-state index in [1.54, 1.807) is 0 Å². The summed E-state index contributed by atoms with van der Waals surface area (Å²) in [5.41, 5.74) is -0.679. The van der Waals surface area contributed by atoms with Crippen LogP contribution in [0, 0.1) is 11.7 Å². The van der Waals surface area contributed by atoms with Gasteiger partial charge in [-0.25, -0.2) is 9.18 Å². The first-order valence-electron chi connectivity index (χ1n) is 7.99. The molecule has 4 amide bonds. The zero-order valence-corrected chi connectivity index (χ0v) is 13.4. The van der Waals surface area contributed by atoms with Crippen LogP contribution in [0.15, 0.2) is 28.7 Å². The maximum absolute atomic E-state index is 13.0. The van der Waals surface area contributed by atoms with E-state index < -0.39 is 29.2 Å². The van der Waals surface area contributed by atoms with Crippen LogP contribution in [-0.2, 0) is 4.79 Å². The third-order valence-electron chi connectivity index (χ3n) is 4.48. The lowest BCUT2D eigenvalue weighted by Gasteiger charge is -2.25. The lowest BCUT2D eigenvalue weighted by Crippen LogP contribution is -2.57. The Morgan fingerprint density at radius 2 is 2.00 bits per heavy atom. The van der Waals surface area contributed by atoms with Gasteiger partial charge >= 0.3 is 17.8 Å². The number of urea groups is 1. The van der Waals surface area contributed by atoms with Crippen molar-refractivity contribution >= 4 is 17.8 Å². The van der Waals surface area contributed by atoms with E-state index in [9.17, 15) is 18.8 Å². The summed E-state index contributed by atoms with van der Waals surface area (Å²) in [5, 5.41) is 14.8. The van der Waals surface area contributed by atoms with Crippen LogP contribution in [0.3, 0.4) is 0 Å². The number of rotatable bonds is 5. The predicted octanol–water partition coefficient (Wildman–Crippen LogP) is 0.594. The minimum atomic E-state index is -1.15. The monoisotopic (exact) mass is 359 g/mol. The predicted molar refractivity (Wildman–Crippen MR) is 84.2 cm³/mol. The highest BCUT2D eigenvalue weighted by molar-refractivity contribution is 6.08. The van der Waals surface area contributed by atoms with E-state index in [1.807, 2.05) is 0 Å². The molecule has 10 heteroatoms. The molecule has 0 spiro atoms. The molecule has 1 saturated carbocycles. The van der Waals surface area contributed by atoms with Crippen molar-refractivity contribution in [2.24, 2.45) is 5.92 Å². The lowest BCUT2D eigenvalue weighted by atomic mass is 9.93. The third kappa shape index (κ3) is 2.79. The molecule has 1 aromatic carbocycles. The number of benzene rings is 1. The van der Waals surface area contributed by atoms with Crippen molar-refractivity contribution in [1.82, 2.24) is 26.1 Å². The molecule has 2 fully saturated rings. The normalized spacial score (nSPS) is 22.0. The molecule has 2 heterocycles. The van der Waals surface area contributed by atoms with Crippen LogP contribution < -0.4 is 16.0 Å². The molecule has 4 rings (SSSR count). The second kappa shape index (κ2) is 5.90. The molecule has 134 valence electrons. The average Bonchev–Trinajstić information content (AvgIpc) is 3.28. The molecule has 0 bridgehead atoms. The highest BCUT2D eigenvalue weighted by Gasteiger charge is 2.56. The summed E-state index contributed by atoms with van der Waals surface area (Å²) in [4.78, 5) is 35.9. The average molecular weight is 359 g/mol. The summed E-state index contributed by atoms with van der Waals surface area (Å²) in [6.45, 7) is -0.0810. The van der Waals surface area contributed by atoms with Gasteiger partial charge in [0.1, 0.15) is 11.4 Å². The summed E-state index contributed by atoms with van der Waals surface area (Å²) in [6.07, 6.45) is 1.58. The maximum atomic E-state index is 13.0. The van der Waals surface area contributed by atoms with Gasteiger partial charge in [0.25, 0.3) is 5.91 Å². The number of carbonyl (C=O) groups is 3. The number of hydrogen-bond donors (Lipinski definition) is 3. The molecule has 2 aromatic rings. The first-order chi connectivity index (χ1) is 12.5. The fourth-order valence-electron chi connectivity index (χ4n) is 2.96. The number of carbonyl (C=O) groups excluding carboxylic acids is 3. The fraction of sp³-hybridized carbons (Fsp3) is 0.312. The number of nitrogens with one attached hydrogen (secondary N) is 3. The van der Waals surface area contributed by atoms with Crippen LogP contribution in [0.25, 0.3) is 11.5 Å². The van der Waals surface area contributed by atoms with Crippen molar-refractivity contribution in [2.75, 3.05) is 6.54 Å². The summed E-state index contributed by atoms with van der Waals surface area (Å²) < 4.78 is 18.3. The molecule has 9 nitrogen and oxygen atoms in total. The Balaban J connectivity index is 1.46. The van der Waals surface area contributed by atoms with Crippen molar-refractivity contribution in [3.05, 3.63) is 36.0 Å². The van der Waals surface area contributed by atoms with E-state index in [2.05, 4.69) is 26.1 Å². The van der Waals surface area contributed by atoms with Crippen LogP contribution in [0.1, 0.15) is 23.5 Å². The minimum Gasteiger partial charge on any atom is -0.412 e. The quantitative estimate of drug-likeness (QED) is 0.671. The van der Waals surface area contributed by atoms with Gasteiger partial charge in [-0.1, -0.05) is 0 Å². The Morgan fingerprint density at radius 3 is 2.62 bits per heavy atom. The Bertz CT molecular complexity index is 892. The van der Waals surface area contributed by atoms with Gasteiger partial charge < -0.3 is 15.1 Å². The van der Waals surface area contributed by atoms with Crippen molar-refractivity contribution in [1.29, 1.82) is 0 Å². The fourth-order valence-corrected chi connectivity index (χ4v) is 2.96. The summed E-state index contributed by atoms with van der Waals surface area (Å²) >= 11 is 0. The van der Waals surface area contributed by atoms with Gasteiger partial charge in [-0.05, 0) is 43.0 Å². The Hall–Kier alpha value is -3.30. The zero-order chi connectivity index (χ0) is 18.3. The van der Waals surface area contributed by atoms with Gasteiger partial charge in [0, 0.05) is 5.56 Å². The highest BCUT2D eigenvalue weighted by Crippen LogP contribution is 2.41. The summed E-state index contributed by atoms with van der Waals surface area (Å²) in [6, 6.07) is 4.79. The Labute approximate surface area is 146 Å². The second-order valence-electron chi connectivity index (χ2n) is 6.26. The SMILES string of the molecule is O=C1NC(=O)[C@](CNC(=O)c2nnc(-c3ccc(F)cc3)o2)(C2CC2)N1. The number of imide groups is 1. The first-order valence-corrected chi connectivity index (χ1v) is 7.99. The first kappa shape index (κ1) is 16.2. The van der Waals surface area contributed by atoms with Gasteiger partial charge in [-0.2, -0.15) is 0 Å². The van der Waals surface area contributed by atoms with Crippen LogP contribution >= 0.6 is 0 Å². The summed E-state index contributed by atoms with van der Waals surface area (Å²) in [7, 11) is 0. The largest absolute Gasteiger partial charge is 0.412 e. The summed E-state index contributed by atoms with van der Waals surface area (Å²) in [5.74, 6) is -1.78. The van der Waals surface area contributed by atoms with Gasteiger partial charge in [0.05, 0.1) is 6.54 Å². The molecular formula is C16H14FN5O4. The van der Waals surface area contributed by atoms with Gasteiger partial charge in [-0.3, -0.25) is 14.9 Å². The standard InChI is InChI=1S/C16H14FN5O4/c17-10-5-1-8(2-6-10)12-21-22-13(26-12)11(23)18-7-16(9-3-4-9)14(24)19-15(25)20-16/h1-2,5-6,9H,3-4,7H2,(H,18,23)(H2,19,20,24,25)/t16-/m0/s1. The van der Waals surface area contributed by atoms with E-state index in [0.717, 1.165) is 12.8 Å². The molecule has 1 atom stereocenters. The second-order valence-corrected chi connectivity index (χ2v) is 6.26. The minimum absolute atomic E-state index is 0.0216. The molecule has 0 radical (unpaired) electrons. The molecule has 3 N–H and O–H groups in total. The van der Waals surface area contributed by atoms with E-state index in [4.69, 9.17) is 4.42 Å². The molecule has 2 aliphatic rings. The van der Waals surface area contributed by atoms with E-state index >= 15 is 0 Å². The third-order valence-corrected chi connectivity index (χ3v) is 4.48. The molecule has 1 saturated heterocycles. The highest BCUT2D eigenvalue weighted by atomic mass is 19.1. The van der Waals surface area contributed by atoms with Crippen molar-refractivity contribution in [3.8, 4) is 11.5 Å². The van der Waals surface area contributed by atoms with E-state index in [-0.39, 0.29) is 24.2 Å². The molecular weight excluding hydrogens is 345 g/mol. The van der Waals surface area contributed by atoms with Crippen molar-refractivity contribution in [2.45, 2.75) is 18.4 Å². The van der Waals surface area contributed by atoms with Crippen molar-refractivity contribution < 1.29 is 23.2 Å². The lowest BCUT2D eigenvalue weighted by molar-refractivity contribution is -0.124. The zero-order valence-electron chi connectivity index (χ0n) is 13.4. The van der Waals surface area contributed by atoms with E-state index in [1.165, 1.54) is 24.3 Å².